The van der Waals surface area contributed by atoms with Crippen molar-refractivity contribution in [3.8, 4) is 0 Å². The molecule has 0 heterocycles. The zero-order chi connectivity index (χ0) is 12.3. The van der Waals surface area contributed by atoms with Crippen LogP contribution in [0.2, 0.25) is 18.1 Å². The van der Waals surface area contributed by atoms with Crippen LogP contribution in [0.1, 0.15) is 34.6 Å². The van der Waals surface area contributed by atoms with Crippen molar-refractivity contribution in [2.24, 2.45) is 0 Å². The fourth-order valence-corrected chi connectivity index (χ4v) is 2.26. The maximum Gasteiger partial charge on any atom is 0.333 e. The third-order valence-electron chi connectivity index (χ3n) is 2.90. The summed E-state index contributed by atoms with van der Waals surface area (Å²) in [4.78, 5) is 11.4. The van der Waals surface area contributed by atoms with Gasteiger partial charge in [-0.05, 0) is 32.0 Å². The van der Waals surface area contributed by atoms with E-state index in [4.69, 9.17) is 9.16 Å². The molecule has 0 aliphatic heterocycles. The molecule has 0 fully saturated rings. The van der Waals surface area contributed by atoms with E-state index in [0.717, 1.165) is 0 Å². The number of esters is 1. The summed E-state index contributed by atoms with van der Waals surface area (Å²) in [5, 5.41) is 0.119. The molecule has 0 aromatic carbocycles. The molecule has 0 rings (SSSR count). The SMILES string of the molecule is CCOC(=O)[C@@H](C)O[Si](C)(C)C(C)(C)C. The standard InChI is InChI=1S/C11H24O3Si/c1-8-13-10(12)9(2)14-15(6,7)11(3,4)5/h9H,8H2,1-7H3/t9-/m1/s1. The lowest BCUT2D eigenvalue weighted by Gasteiger charge is -2.37. The van der Waals surface area contributed by atoms with E-state index >= 15 is 0 Å². The third-order valence-corrected chi connectivity index (χ3v) is 7.45. The Bertz CT molecular complexity index is 218. The van der Waals surface area contributed by atoms with E-state index in [1.54, 1.807) is 13.8 Å². The molecule has 0 amide bonds. The Balaban J connectivity index is 4.40. The average molecular weight is 232 g/mol. The molecule has 0 saturated heterocycles. The zero-order valence-electron chi connectivity index (χ0n) is 11.0. The van der Waals surface area contributed by atoms with E-state index in [1.807, 2.05) is 0 Å². The number of carbonyl (C=O) groups is 1. The number of ether oxygens (including phenoxy) is 1. The molecule has 0 aliphatic rings. The van der Waals surface area contributed by atoms with Crippen LogP contribution in [-0.2, 0) is 14.0 Å². The molecule has 0 radical (unpaired) electrons. The molecule has 0 N–H and O–H groups in total. The maximum absolute atomic E-state index is 11.4. The topological polar surface area (TPSA) is 35.5 Å². The van der Waals surface area contributed by atoms with Crippen LogP contribution in [-0.4, -0.2) is 27.0 Å². The van der Waals surface area contributed by atoms with Gasteiger partial charge < -0.3 is 9.16 Å². The van der Waals surface area contributed by atoms with E-state index < -0.39 is 14.4 Å². The second kappa shape index (κ2) is 5.12. The highest BCUT2D eigenvalue weighted by atomic mass is 28.4. The van der Waals surface area contributed by atoms with Gasteiger partial charge in [0.05, 0.1) is 6.61 Å². The van der Waals surface area contributed by atoms with Crippen molar-refractivity contribution in [3.63, 3.8) is 0 Å². The first-order valence-corrected chi connectivity index (χ1v) is 8.37. The van der Waals surface area contributed by atoms with Crippen molar-refractivity contribution in [1.82, 2.24) is 0 Å². The molecule has 4 heteroatoms. The summed E-state index contributed by atoms with van der Waals surface area (Å²) in [6.45, 7) is 14.7. The van der Waals surface area contributed by atoms with E-state index in [1.165, 1.54) is 0 Å². The lowest BCUT2D eigenvalue weighted by atomic mass is 10.2. The van der Waals surface area contributed by atoms with Crippen molar-refractivity contribution in [3.05, 3.63) is 0 Å². The van der Waals surface area contributed by atoms with Gasteiger partial charge in [0.15, 0.2) is 8.32 Å². The Hall–Kier alpha value is -0.353. The molecule has 0 aromatic rings. The lowest BCUT2D eigenvalue weighted by Crippen LogP contribution is -2.45. The van der Waals surface area contributed by atoms with Crippen LogP contribution in [0.5, 0.6) is 0 Å². The first-order valence-electron chi connectivity index (χ1n) is 5.46. The lowest BCUT2D eigenvalue weighted by molar-refractivity contribution is -0.151. The third kappa shape index (κ3) is 4.34. The molecule has 90 valence electrons. The molecule has 0 saturated carbocycles. The van der Waals surface area contributed by atoms with Crippen molar-refractivity contribution in [1.29, 1.82) is 0 Å². The van der Waals surface area contributed by atoms with Crippen LogP contribution in [0.25, 0.3) is 0 Å². The Morgan fingerprint density at radius 3 is 2.13 bits per heavy atom. The monoisotopic (exact) mass is 232 g/mol. The molecule has 3 nitrogen and oxygen atoms in total. The Kier molecular flexibility index (Phi) is 5.00. The maximum atomic E-state index is 11.4. The van der Waals surface area contributed by atoms with E-state index in [-0.39, 0.29) is 11.0 Å². The quantitative estimate of drug-likeness (QED) is 0.552. The highest BCUT2D eigenvalue weighted by molar-refractivity contribution is 6.74. The highest BCUT2D eigenvalue weighted by Gasteiger charge is 2.39. The largest absolute Gasteiger partial charge is 0.464 e. The first kappa shape index (κ1) is 14.6. The van der Waals surface area contributed by atoms with Crippen molar-refractivity contribution in [2.75, 3.05) is 6.61 Å². The van der Waals surface area contributed by atoms with Crippen LogP contribution in [0, 0.1) is 0 Å². The van der Waals surface area contributed by atoms with Crippen molar-refractivity contribution >= 4 is 14.3 Å². The fourth-order valence-electron chi connectivity index (χ4n) is 0.926. The number of rotatable bonds is 4. The Labute approximate surface area is 94.3 Å². The summed E-state index contributed by atoms with van der Waals surface area (Å²) in [6, 6.07) is 0. The van der Waals surface area contributed by atoms with Gasteiger partial charge in [0.1, 0.15) is 6.10 Å². The predicted octanol–water partition coefficient (Wildman–Crippen LogP) is 2.96. The predicted molar refractivity (Wildman–Crippen MR) is 64.4 cm³/mol. The van der Waals surface area contributed by atoms with Crippen LogP contribution >= 0.6 is 0 Å². The molecule has 0 unspecified atom stereocenters. The minimum Gasteiger partial charge on any atom is -0.464 e. The minimum absolute atomic E-state index is 0.119. The first-order chi connectivity index (χ1) is 6.62. The van der Waals surface area contributed by atoms with Gasteiger partial charge in [-0.2, -0.15) is 0 Å². The zero-order valence-corrected chi connectivity index (χ0v) is 12.0. The van der Waals surface area contributed by atoms with Gasteiger partial charge in [0, 0.05) is 0 Å². The fraction of sp³-hybridized carbons (Fsp3) is 0.909. The second-order valence-electron chi connectivity index (χ2n) is 5.27. The van der Waals surface area contributed by atoms with Crippen molar-refractivity contribution < 1.29 is 14.0 Å². The van der Waals surface area contributed by atoms with Gasteiger partial charge in [0.25, 0.3) is 0 Å². The molecule has 0 spiro atoms. The van der Waals surface area contributed by atoms with Gasteiger partial charge in [-0.25, -0.2) is 4.79 Å². The van der Waals surface area contributed by atoms with Crippen LogP contribution < -0.4 is 0 Å². The minimum atomic E-state index is -1.86. The second-order valence-corrected chi connectivity index (χ2v) is 10.0. The molecular weight excluding hydrogens is 208 g/mol. The summed E-state index contributed by atoms with van der Waals surface area (Å²) in [7, 11) is -1.86. The van der Waals surface area contributed by atoms with Gasteiger partial charge in [-0.1, -0.05) is 20.8 Å². The molecule has 0 aromatic heterocycles. The smallest absolute Gasteiger partial charge is 0.333 e. The molecule has 15 heavy (non-hydrogen) atoms. The number of hydrogen-bond acceptors (Lipinski definition) is 3. The molecule has 0 bridgehead atoms. The molecular formula is C11H24O3Si. The van der Waals surface area contributed by atoms with Crippen LogP contribution in [0.15, 0.2) is 0 Å². The van der Waals surface area contributed by atoms with Gasteiger partial charge in [-0.15, -0.1) is 0 Å². The van der Waals surface area contributed by atoms with E-state index in [9.17, 15) is 4.79 Å². The molecule has 0 aliphatic carbocycles. The normalized spacial score (nSPS) is 14.9. The van der Waals surface area contributed by atoms with Gasteiger partial charge in [-0.3, -0.25) is 0 Å². The average Bonchev–Trinajstić information content (AvgIpc) is 2.01. The number of hydrogen-bond donors (Lipinski definition) is 0. The summed E-state index contributed by atoms with van der Waals surface area (Å²) >= 11 is 0. The summed E-state index contributed by atoms with van der Waals surface area (Å²) < 4.78 is 10.8. The van der Waals surface area contributed by atoms with Gasteiger partial charge >= 0.3 is 5.97 Å². The highest BCUT2D eigenvalue weighted by Crippen LogP contribution is 2.37. The summed E-state index contributed by atoms with van der Waals surface area (Å²) in [5.41, 5.74) is 0. The Morgan fingerprint density at radius 1 is 1.33 bits per heavy atom. The van der Waals surface area contributed by atoms with Crippen LogP contribution in [0.3, 0.4) is 0 Å². The van der Waals surface area contributed by atoms with Crippen molar-refractivity contribution in [2.45, 2.75) is 58.9 Å². The van der Waals surface area contributed by atoms with E-state index in [0.29, 0.717) is 6.61 Å². The molecule has 1 atom stereocenters. The van der Waals surface area contributed by atoms with E-state index in [2.05, 4.69) is 33.9 Å². The Morgan fingerprint density at radius 2 is 1.80 bits per heavy atom. The summed E-state index contributed by atoms with van der Waals surface area (Å²) in [5.74, 6) is -0.262. The summed E-state index contributed by atoms with van der Waals surface area (Å²) in [6.07, 6.45) is -0.453. The van der Waals surface area contributed by atoms with Crippen LogP contribution in [0.4, 0.5) is 0 Å². The number of carbonyl (C=O) groups excluding carboxylic acids is 1. The van der Waals surface area contributed by atoms with Gasteiger partial charge in [0.2, 0.25) is 0 Å².